The zero-order chi connectivity index (χ0) is 27.1. The third kappa shape index (κ3) is 4.94. The van der Waals surface area contributed by atoms with E-state index in [-0.39, 0.29) is 23.9 Å². The second-order valence-corrected chi connectivity index (χ2v) is 10.7. The Balaban J connectivity index is 1.07. The number of likely N-dealkylation sites (tertiary alicyclic amines) is 1. The van der Waals surface area contributed by atoms with Gasteiger partial charge in [0.05, 0.1) is 29.1 Å². The first-order valence-electron chi connectivity index (χ1n) is 13.5. The number of benzene rings is 2. The van der Waals surface area contributed by atoms with Crippen LogP contribution in [0.25, 0.3) is 10.9 Å². The first-order chi connectivity index (χ1) is 18.9. The van der Waals surface area contributed by atoms with Crippen molar-refractivity contribution in [1.82, 2.24) is 20.0 Å². The standard InChI is InChI=1S/C28H32FN7O3/c29-22-14-19(27(30)38)4-5-25(22)34-11-6-18(7-12-34)16-33-10-8-20(17-33)36-24-3-1-2-23(21(24)15-31-36)35-13-9-26(37)32-28(35)39/h1-5,14-15,18,20H,6-13,16-17H2,(H2,30,38)(H,32,37,39)/t20-/m0/s1. The Labute approximate surface area is 225 Å². The Hall–Kier alpha value is -3.99. The number of hydrogen-bond acceptors (Lipinski definition) is 6. The lowest BCUT2D eigenvalue weighted by Crippen LogP contribution is -2.49. The zero-order valence-corrected chi connectivity index (χ0v) is 21.7. The summed E-state index contributed by atoms with van der Waals surface area (Å²) >= 11 is 0. The molecule has 0 bridgehead atoms. The van der Waals surface area contributed by atoms with Crippen LogP contribution in [0.3, 0.4) is 0 Å². The number of piperidine rings is 1. The van der Waals surface area contributed by atoms with Crippen molar-refractivity contribution in [3.63, 3.8) is 0 Å². The van der Waals surface area contributed by atoms with Crippen LogP contribution < -0.4 is 20.9 Å². The van der Waals surface area contributed by atoms with Crippen molar-refractivity contribution in [3.8, 4) is 0 Å². The van der Waals surface area contributed by atoms with Gasteiger partial charge in [0.2, 0.25) is 11.8 Å². The zero-order valence-electron chi connectivity index (χ0n) is 21.7. The van der Waals surface area contributed by atoms with Crippen molar-refractivity contribution in [2.75, 3.05) is 49.1 Å². The maximum Gasteiger partial charge on any atom is 0.328 e. The summed E-state index contributed by atoms with van der Waals surface area (Å²) in [6.45, 7) is 4.80. The van der Waals surface area contributed by atoms with Gasteiger partial charge in [-0.2, -0.15) is 5.10 Å². The highest BCUT2D eigenvalue weighted by atomic mass is 19.1. The molecule has 3 aliphatic heterocycles. The molecular weight excluding hydrogens is 501 g/mol. The molecule has 0 unspecified atom stereocenters. The predicted octanol–water partition coefficient (Wildman–Crippen LogP) is 2.88. The molecule has 3 fully saturated rings. The van der Waals surface area contributed by atoms with Gasteiger partial charge < -0.3 is 15.5 Å². The third-order valence-electron chi connectivity index (χ3n) is 8.26. The van der Waals surface area contributed by atoms with Crippen molar-refractivity contribution in [2.45, 2.75) is 31.7 Å². The second-order valence-electron chi connectivity index (χ2n) is 10.7. The van der Waals surface area contributed by atoms with E-state index in [0.717, 1.165) is 68.6 Å². The third-order valence-corrected chi connectivity index (χ3v) is 8.26. The molecule has 4 heterocycles. The summed E-state index contributed by atoms with van der Waals surface area (Å²) in [4.78, 5) is 41.5. The number of carbonyl (C=O) groups excluding carboxylic acids is 3. The number of hydrogen-bond donors (Lipinski definition) is 2. The predicted molar refractivity (Wildman–Crippen MR) is 145 cm³/mol. The number of nitrogens with two attached hydrogens (primary N) is 1. The first-order valence-corrected chi connectivity index (χ1v) is 13.5. The van der Waals surface area contributed by atoms with Gasteiger partial charge in [0.25, 0.3) is 0 Å². The Kier molecular flexibility index (Phi) is 6.68. The lowest BCUT2D eigenvalue weighted by Gasteiger charge is -2.35. The fourth-order valence-corrected chi connectivity index (χ4v) is 6.19. The number of rotatable bonds is 6. The summed E-state index contributed by atoms with van der Waals surface area (Å²) in [5.74, 6) is -0.744. The van der Waals surface area contributed by atoms with Crippen LogP contribution in [0.2, 0.25) is 0 Å². The molecule has 3 aliphatic rings. The van der Waals surface area contributed by atoms with Gasteiger partial charge in [-0.15, -0.1) is 0 Å². The van der Waals surface area contributed by atoms with Gasteiger partial charge in [-0.25, -0.2) is 9.18 Å². The SMILES string of the molecule is NC(=O)c1ccc(N2CCC(CN3CC[C@H](n4ncc5c(N6CCC(=O)NC6=O)cccc54)C3)CC2)c(F)c1. The lowest BCUT2D eigenvalue weighted by atomic mass is 9.95. The fourth-order valence-electron chi connectivity index (χ4n) is 6.19. The van der Waals surface area contributed by atoms with E-state index in [0.29, 0.717) is 18.2 Å². The van der Waals surface area contributed by atoms with Gasteiger partial charge in [-0.3, -0.25) is 24.5 Å². The molecule has 204 valence electrons. The van der Waals surface area contributed by atoms with Crippen LogP contribution >= 0.6 is 0 Å². The molecule has 2 aromatic carbocycles. The Morgan fingerprint density at radius 2 is 1.87 bits per heavy atom. The monoisotopic (exact) mass is 533 g/mol. The number of fused-ring (bicyclic) bond motifs is 1. The van der Waals surface area contributed by atoms with E-state index < -0.39 is 17.8 Å². The van der Waals surface area contributed by atoms with Crippen molar-refractivity contribution in [3.05, 3.63) is 54.0 Å². The van der Waals surface area contributed by atoms with E-state index in [1.165, 1.54) is 6.07 Å². The van der Waals surface area contributed by atoms with E-state index in [1.807, 2.05) is 24.4 Å². The molecule has 0 spiro atoms. The highest BCUT2D eigenvalue weighted by Gasteiger charge is 2.31. The van der Waals surface area contributed by atoms with Gasteiger partial charge >= 0.3 is 6.03 Å². The highest BCUT2D eigenvalue weighted by molar-refractivity contribution is 6.09. The summed E-state index contributed by atoms with van der Waals surface area (Å²) < 4.78 is 16.6. The molecule has 3 aromatic rings. The van der Waals surface area contributed by atoms with Gasteiger partial charge in [0, 0.05) is 56.6 Å². The molecule has 0 aliphatic carbocycles. The summed E-state index contributed by atoms with van der Waals surface area (Å²) in [7, 11) is 0. The summed E-state index contributed by atoms with van der Waals surface area (Å²) in [6.07, 6.45) is 5.06. The van der Waals surface area contributed by atoms with Crippen molar-refractivity contribution >= 4 is 40.1 Å². The average molecular weight is 534 g/mol. The number of primary amides is 1. The molecule has 1 atom stereocenters. The molecule has 4 amide bonds. The molecule has 3 N–H and O–H groups in total. The van der Waals surface area contributed by atoms with E-state index in [2.05, 4.69) is 19.8 Å². The topological polar surface area (TPSA) is 117 Å². The van der Waals surface area contributed by atoms with E-state index in [4.69, 9.17) is 10.8 Å². The van der Waals surface area contributed by atoms with Gasteiger partial charge in [-0.05, 0) is 55.5 Å². The minimum atomic E-state index is -0.626. The lowest BCUT2D eigenvalue weighted by molar-refractivity contribution is -0.120. The number of anilines is 2. The van der Waals surface area contributed by atoms with Gasteiger partial charge in [0.1, 0.15) is 5.82 Å². The number of halogens is 1. The number of urea groups is 1. The number of aromatic nitrogens is 2. The van der Waals surface area contributed by atoms with Crippen LogP contribution in [0.1, 0.15) is 42.1 Å². The number of nitrogens with zero attached hydrogens (tertiary/aromatic N) is 5. The average Bonchev–Trinajstić information content (AvgIpc) is 3.56. The minimum absolute atomic E-state index is 0.185. The maximum absolute atomic E-state index is 14.6. The maximum atomic E-state index is 14.6. The summed E-state index contributed by atoms with van der Waals surface area (Å²) in [5, 5.41) is 8.02. The Bertz CT molecular complexity index is 1430. The van der Waals surface area contributed by atoms with Crippen LogP contribution in [0.4, 0.5) is 20.6 Å². The van der Waals surface area contributed by atoms with E-state index >= 15 is 0 Å². The smallest absolute Gasteiger partial charge is 0.328 e. The summed E-state index contributed by atoms with van der Waals surface area (Å²) in [6, 6.07) is 10.2. The molecule has 10 nitrogen and oxygen atoms in total. The van der Waals surface area contributed by atoms with Crippen LogP contribution in [-0.4, -0.2) is 71.8 Å². The molecule has 6 rings (SSSR count). The molecule has 1 aromatic heterocycles. The van der Waals surface area contributed by atoms with Crippen molar-refractivity contribution in [2.24, 2.45) is 11.7 Å². The molecule has 11 heteroatoms. The molecule has 3 saturated heterocycles. The van der Waals surface area contributed by atoms with Crippen molar-refractivity contribution < 1.29 is 18.8 Å². The Morgan fingerprint density at radius 1 is 1.05 bits per heavy atom. The molecule has 39 heavy (non-hydrogen) atoms. The molecule has 0 saturated carbocycles. The quantitative estimate of drug-likeness (QED) is 0.503. The van der Waals surface area contributed by atoms with Crippen LogP contribution in [0, 0.1) is 11.7 Å². The van der Waals surface area contributed by atoms with Crippen LogP contribution in [0.5, 0.6) is 0 Å². The largest absolute Gasteiger partial charge is 0.369 e. The number of carbonyl (C=O) groups is 3. The van der Waals surface area contributed by atoms with E-state index in [9.17, 15) is 18.8 Å². The fraction of sp³-hybridized carbons (Fsp3) is 0.429. The molecular formula is C28H32FN7O3. The first kappa shape index (κ1) is 25.3. The Morgan fingerprint density at radius 3 is 2.62 bits per heavy atom. The normalized spacial score (nSPS) is 21.1. The van der Waals surface area contributed by atoms with Gasteiger partial charge in [0.15, 0.2) is 0 Å². The highest BCUT2D eigenvalue weighted by Crippen LogP contribution is 2.33. The number of amides is 4. The summed E-state index contributed by atoms with van der Waals surface area (Å²) in [5.41, 5.74) is 7.73. The number of nitrogens with one attached hydrogen (secondary N) is 1. The molecule has 0 radical (unpaired) electrons. The second kappa shape index (κ2) is 10.3. The van der Waals surface area contributed by atoms with Gasteiger partial charge in [-0.1, -0.05) is 6.07 Å². The van der Waals surface area contributed by atoms with Crippen molar-refractivity contribution in [1.29, 1.82) is 0 Å². The van der Waals surface area contributed by atoms with Crippen LogP contribution in [-0.2, 0) is 4.79 Å². The van der Waals surface area contributed by atoms with Crippen LogP contribution in [0.15, 0.2) is 42.6 Å². The van der Waals surface area contributed by atoms with E-state index in [1.54, 1.807) is 17.0 Å². The minimum Gasteiger partial charge on any atom is -0.369 e. The number of imide groups is 1.